The first-order valence-electron chi connectivity index (χ1n) is 8.12. The van der Waals surface area contributed by atoms with Crippen molar-refractivity contribution < 1.29 is 23.7 Å². The summed E-state index contributed by atoms with van der Waals surface area (Å²) >= 11 is 0. The van der Waals surface area contributed by atoms with E-state index in [1.54, 1.807) is 69.8 Å². The number of aromatic nitrogens is 1. The highest BCUT2D eigenvalue weighted by atomic mass is 16.5. The number of carbonyl (C=O) groups is 1. The molecule has 0 aliphatic carbocycles. The number of para-hydroxylation sites is 1. The van der Waals surface area contributed by atoms with Crippen LogP contribution >= 0.6 is 0 Å². The van der Waals surface area contributed by atoms with Crippen LogP contribution in [0.15, 0.2) is 48.7 Å². The molecule has 6 nitrogen and oxygen atoms in total. The number of pyridine rings is 1. The lowest BCUT2D eigenvalue weighted by Gasteiger charge is -2.14. The summed E-state index contributed by atoms with van der Waals surface area (Å²) in [6, 6.07) is 12.3. The quantitative estimate of drug-likeness (QED) is 0.618. The van der Waals surface area contributed by atoms with Crippen LogP contribution in [0.3, 0.4) is 0 Å². The Hall–Kier alpha value is -3.28. The van der Waals surface area contributed by atoms with E-state index in [0.29, 0.717) is 40.7 Å². The number of nitrogens with zero attached hydrogens (tertiary/aromatic N) is 1. The lowest BCUT2D eigenvalue weighted by Crippen LogP contribution is -2.06. The predicted molar refractivity (Wildman–Crippen MR) is 97.3 cm³/mol. The average Bonchev–Trinajstić information content (AvgIpc) is 2.67. The van der Waals surface area contributed by atoms with Crippen molar-refractivity contribution in [3.05, 3.63) is 54.2 Å². The minimum Gasteiger partial charge on any atom is -0.493 e. The van der Waals surface area contributed by atoms with Gasteiger partial charge in [-0.1, -0.05) is 12.1 Å². The van der Waals surface area contributed by atoms with Crippen molar-refractivity contribution in [1.29, 1.82) is 0 Å². The Morgan fingerprint density at radius 1 is 0.962 bits per heavy atom. The van der Waals surface area contributed by atoms with Crippen LogP contribution in [0.25, 0.3) is 10.9 Å². The molecule has 1 aromatic heterocycles. The fraction of sp³-hybridized carbons (Fsp3) is 0.200. The molecule has 0 saturated heterocycles. The second-order valence-electron chi connectivity index (χ2n) is 5.35. The molecule has 0 amide bonds. The summed E-state index contributed by atoms with van der Waals surface area (Å²) in [5, 5.41) is 0.740. The molecule has 6 heteroatoms. The van der Waals surface area contributed by atoms with Gasteiger partial charge in [0.25, 0.3) is 0 Å². The van der Waals surface area contributed by atoms with E-state index in [1.165, 1.54) is 0 Å². The van der Waals surface area contributed by atoms with Crippen molar-refractivity contribution in [2.75, 3.05) is 20.8 Å². The Labute approximate surface area is 151 Å². The molecule has 0 spiro atoms. The largest absolute Gasteiger partial charge is 0.493 e. The molecule has 0 unspecified atom stereocenters. The zero-order chi connectivity index (χ0) is 18.5. The number of fused-ring (bicyclic) bond motifs is 1. The summed E-state index contributed by atoms with van der Waals surface area (Å²) in [7, 11) is 3.14. The predicted octanol–water partition coefficient (Wildman–Crippen LogP) is 4.22. The molecule has 0 bridgehead atoms. The number of rotatable bonds is 6. The van der Waals surface area contributed by atoms with Crippen LogP contribution in [0.2, 0.25) is 0 Å². The highest BCUT2D eigenvalue weighted by molar-refractivity contribution is 5.93. The standard InChI is InChI=1S/C20H19NO5/c1-4-25-20(22)13-7-5-6-8-16(13)26-17-9-10-21-15-12-19(24-3)18(23-2)11-14(15)17/h5-12H,4H2,1-3H3. The Kier molecular flexibility index (Phi) is 5.22. The maximum atomic E-state index is 12.2. The highest BCUT2D eigenvalue weighted by Gasteiger charge is 2.16. The van der Waals surface area contributed by atoms with E-state index in [-0.39, 0.29) is 0 Å². The number of esters is 1. The Morgan fingerprint density at radius 2 is 1.69 bits per heavy atom. The van der Waals surface area contributed by atoms with Gasteiger partial charge in [0, 0.05) is 17.6 Å². The van der Waals surface area contributed by atoms with Gasteiger partial charge in [0.15, 0.2) is 11.5 Å². The van der Waals surface area contributed by atoms with Crippen LogP contribution in [-0.4, -0.2) is 31.8 Å². The maximum Gasteiger partial charge on any atom is 0.341 e. The second kappa shape index (κ2) is 7.74. The number of hydrogen-bond acceptors (Lipinski definition) is 6. The molecule has 2 aromatic carbocycles. The van der Waals surface area contributed by atoms with Gasteiger partial charge in [-0.15, -0.1) is 0 Å². The second-order valence-corrected chi connectivity index (χ2v) is 5.35. The molecule has 26 heavy (non-hydrogen) atoms. The van der Waals surface area contributed by atoms with Crippen molar-refractivity contribution >= 4 is 16.9 Å². The van der Waals surface area contributed by atoms with Crippen molar-refractivity contribution in [1.82, 2.24) is 4.98 Å². The molecule has 1 heterocycles. The minimum absolute atomic E-state index is 0.294. The molecule has 0 saturated carbocycles. The number of ether oxygens (including phenoxy) is 4. The molecule has 0 fully saturated rings. The lowest BCUT2D eigenvalue weighted by atomic mass is 10.1. The smallest absolute Gasteiger partial charge is 0.341 e. The Bertz CT molecular complexity index is 939. The van der Waals surface area contributed by atoms with Crippen molar-refractivity contribution in [3.63, 3.8) is 0 Å². The van der Waals surface area contributed by atoms with Gasteiger partial charge in [0.05, 0.1) is 26.3 Å². The van der Waals surface area contributed by atoms with Crippen LogP contribution in [0.1, 0.15) is 17.3 Å². The number of methoxy groups -OCH3 is 2. The number of carbonyl (C=O) groups excluding carboxylic acids is 1. The molecule has 3 rings (SSSR count). The van der Waals surface area contributed by atoms with Crippen LogP contribution in [-0.2, 0) is 4.74 Å². The fourth-order valence-electron chi connectivity index (χ4n) is 2.59. The van der Waals surface area contributed by atoms with Crippen LogP contribution < -0.4 is 14.2 Å². The van der Waals surface area contributed by atoms with E-state index in [0.717, 1.165) is 5.39 Å². The van der Waals surface area contributed by atoms with Crippen molar-refractivity contribution in [2.45, 2.75) is 6.92 Å². The Morgan fingerprint density at radius 3 is 2.42 bits per heavy atom. The zero-order valence-electron chi connectivity index (χ0n) is 14.8. The highest BCUT2D eigenvalue weighted by Crippen LogP contribution is 2.37. The molecule has 0 atom stereocenters. The lowest BCUT2D eigenvalue weighted by molar-refractivity contribution is 0.0523. The maximum absolute atomic E-state index is 12.2. The van der Waals surface area contributed by atoms with E-state index >= 15 is 0 Å². The summed E-state index contributed by atoms with van der Waals surface area (Å²) < 4.78 is 21.8. The van der Waals surface area contributed by atoms with E-state index in [2.05, 4.69) is 4.98 Å². The molecule has 0 radical (unpaired) electrons. The molecule has 0 N–H and O–H groups in total. The molecule has 0 aliphatic heterocycles. The third-order valence-electron chi connectivity index (χ3n) is 3.81. The van der Waals surface area contributed by atoms with E-state index in [4.69, 9.17) is 18.9 Å². The zero-order valence-corrected chi connectivity index (χ0v) is 14.8. The van der Waals surface area contributed by atoms with Gasteiger partial charge >= 0.3 is 5.97 Å². The average molecular weight is 353 g/mol. The van der Waals surface area contributed by atoms with E-state index < -0.39 is 5.97 Å². The number of benzene rings is 2. The first-order valence-corrected chi connectivity index (χ1v) is 8.12. The van der Waals surface area contributed by atoms with Gasteiger partial charge in [-0.25, -0.2) is 4.79 Å². The summed E-state index contributed by atoms with van der Waals surface area (Å²) in [4.78, 5) is 16.5. The summed E-state index contributed by atoms with van der Waals surface area (Å²) in [5.41, 5.74) is 1.05. The monoisotopic (exact) mass is 353 g/mol. The molecule has 3 aromatic rings. The van der Waals surface area contributed by atoms with E-state index in [9.17, 15) is 4.79 Å². The molecule has 0 aliphatic rings. The summed E-state index contributed by atoms with van der Waals surface area (Å²) in [6.45, 7) is 2.06. The van der Waals surface area contributed by atoms with Crippen LogP contribution in [0, 0.1) is 0 Å². The van der Waals surface area contributed by atoms with Gasteiger partial charge in [-0.05, 0) is 31.2 Å². The molecular formula is C20H19NO5. The summed E-state index contributed by atoms with van der Waals surface area (Å²) in [6.07, 6.45) is 1.64. The van der Waals surface area contributed by atoms with Gasteiger partial charge in [0.1, 0.15) is 17.1 Å². The van der Waals surface area contributed by atoms with Crippen LogP contribution in [0.5, 0.6) is 23.0 Å². The first kappa shape index (κ1) is 17.5. The van der Waals surface area contributed by atoms with Crippen molar-refractivity contribution in [2.24, 2.45) is 0 Å². The van der Waals surface area contributed by atoms with E-state index in [1.807, 2.05) is 0 Å². The van der Waals surface area contributed by atoms with Gasteiger partial charge in [-0.3, -0.25) is 4.98 Å². The third kappa shape index (κ3) is 3.39. The van der Waals surface area contributed by atoms with Gasteiger partial charge < -0.3 is 18.9 Å². The third-order valence-corrected chi connectivity index (χ3v) is 3.81. The summed E-state index contributed by atoms with van der Waals surface area (Å²) in [5.74, 6) is 1.68. The topological polar surface area (TPSA) is 66.9 Å². The fourth-order valence-corrected chi connectivity index (χ4v) is 2.59. The normalized spacial score (nSPS) is 10.4. The number of hydrogen-bond donors (Lipinski definition) is 0. The SMILES string of the molecule is CCOC(=O)c1ccccc1Oc1ccnc2cc(OC)c(OC)cc12. The van der Waals surface area contributed by atoms with Crippen molar-refractivity contribution in [3.8, 4) is 23.0 Å². The molecule has 134 valence electrons. The van der Waals surface area contributed by atoms with Gasteiger partial charge in [-0.2, -0.15) is 0 Å². The van der Waals surface area contributed by atoms with Crippen LogP contribution in [0.4, 0.5) is 0 Å². The molecular weight excluding hydrogens is 334 g/mol. The Balaban J connectivity index is 2.06. The van der Waals surface area contributed by atoms with Gasteiger partial charge in [0.2, 0.25) is 0 Å². The first-order chi connectivity index (χ1) is 12.7. The minimum atomic E-state index is -0.430.